The van der Waals surface area contributed by atoms with Gasteiger partial charge in [0.1, 0.15) is 0 Å². The highest BCUT2D eigenvalue weighted by Gasteiger charge is 2.30. The molecule has 1 fully saturated rings. The van der Waals surface area contributed by atoms with Crippen LogP contribution < -0.4 is 0 Å². The van der Waals surface area contributed by atoms with Crippen molar-refractivity contribution in [1.82, 2.24) is 14.7 Å². The number of aromatic nitrogens is 2. The van der Waals surface area contributed by atoms with Gasteiger partial charge in [0.15, 0.2) is 0 Å². The van der Waals surface area contributed by atoms with E-state index in [2.05, 4.69) is 5.10 Å². The van der Waals surface area contributed by atoms with Crippen molar-refractivity contribution in [1.29, 1.82) is 0 Å². The molecule has 1 amide bonds. The van der Waals surface area contributed by atoms with Crippen LogP contribution in [0.2, 0.25) is 0 Å². The van der Waals surface area contributed by atoms with Crippen LogP contribution >= 0.6 is 0 Å². The molecule has 0 bridgehead atoms. The normalized spacial score (nSPS) is 17.6. The van der Waals surface area contributed by atoms with Crippen molar-refractivity contribution in [2.24, 2.45) is 5.92 Å². The van der Waals surface area contributed by atoms with Gasteiger partial charge in [-0.3, -0.25) is 9.59 Å². The molecule has 1 atom stereocenters. The summed E-state index contributed by atoms with van der Waals surface area (Å²) >= 11 is 0. The van der Waals surface area contributed by atoms with Crippen LogP contribution in [0.15, 0.2) is 24.4 Å². The largest absolute Gasteiger partial charge is 0.481 e. The Morgan fingerprint density at radius 2 is 2.00 bits per heavy atom. The highest BCUT2D eigenvalue weighted by molar-refractivity contribution is 5.95. The molecule has 1 N–H and O–H groups in total. The summed E-state index contributed by atoms with van der Waals surface area (Å²) < 4.78 is 1.79. The van der Waals surface area contributed by atoms with Gasteiger partial charge in [-0.2, -0.15) is 5.10 Å². The summed E-state index contributed by atoms with van der Waals surface area (Å²) in [6.45, 7) is 6.77. The molecule has 0 spiro atoms. The second-order valence-electron chi connectivity index (χ2n) is 6.77. The Balaban J connectivity index is 1.89. The fourth-order valence-electron chi connectivity index (χ4n) is 3.34. The average molecular weight is 341 g/mol. The van der Waals surface area contributed by atoms with Gasteiger partial charge >= 0.3 is 5.97 Å². The van der Waals surface area contributed by atoms with Crippen LogP contribution in [0.25, 0.3) is 5.69 Å². The van der Waals surface area contributed by atoms with E-state index in [1.807, 2.05) is 39.0 Å². The van der Waals surface area contributed by atoms with Crippen molar-refractivity contribution < 1.29 is 14.7 Å². The van der Waals surface area contributed by atoms with E-state index in [0.29, 0.717) is 24.9 Å². The topological polar surface area (TPSA) is 75.4 Å². The fraction of sp³-hybridized carbons (Fsp3) is 0.421. The lowest BCUT2D eigenvalue weighted by Gasteiger charge is -2.30. The maximum Gasteiger partial charge on any atom is 0.308 e. The summed E-state index contributed by atoms with van der Waals surface area (Å²) in [7, 11) is 0. The number of hydrogen-bond acceptors (Lipinski definition) is 3. The second kappa shape index (κ2) is 6.70. The van der Waals surface area contributed by atoms with Crippen LogP contribution in [0.1, 0.15) is 40.0 Å². The highest BCUT2D eigenvalue weighted by Crippen LogP contribution is 2.23. The third-order valence-electron chi connectivity index (χ3n) is 4.89. The molecule has 1 aliphatic heterocycles. The molecule has 0 saturated carbocycles. The van der Waals surface area contributed by atoms with Crippen LogP contribution in [-0.2, 0) is 4.79 Å². The predicted molar refractivity (Wildman–Crippen MR) is 94.0 cm³/mol. The molecule has 0 radical (unpaired) electrons. The van der Waals surface area contributed by atoms with E-state index in [4.69, 9.17) is 0 Å². The smallest absolute Gasteiger partial charge is 0.308 e. The molecule has 1 aliphatic rings. The molecular weight excluding hydrogens is 318 g/mol. The number of aliphatic carboxylic acids is 1. The van der Waals surface area contributed by atoms with Gasteiger partial charge in [0.25, 0.3) is 5.91 Å². The molecule has 2 heterocycles. The molecule has 1 saturated heterocycles. The summed E-state index contributed by atoms with van der Waals surface area (Å²) in [6.07, 6.45) is 2.93. The van der Waals surface area contributed by atoms with E-state index >= 15 is 0 Å². The molecule has 2 aromatic rings. The van der Waals surface area contributed by atoms with Crippen molar-refractivity contribution in [3.63, 3.8) is 0 Å². The molecule has 3 rings (SSSR count). The van der Waals surface area contributed by atoms with Crippen LogP contribution in [-0.4, -0.2) is 44.8 Å². The zero-order chi connectivity index (χ0) is 18.1. The van der Waals surface area contributed by atoms with E-state index in [9.17, 15) is 14.7 Å². The number of nitrogens with zero attached hydrogens (tertiary/aromatic N) is 3. The summed E-state index contributed by atoms with van der Waals surface area (Å²) in [5.41, 5.74) is 4.48. The minimum absolute atomic E-state index is 0.139. The fourth-order valence-corrected chi connectivity index (χ4v) is 3.34. The first kappa shape index (κ1) is 17.2. The SMILES string of the molecule is Cc1ccc(C)c(-n2ncc(C(=O)N3CCCC(C(=O)O)C3)c2C)c1. The van der Waals surface area contributed by atoms with E-state index in [-0.39, 0.29) is 12.5 Å². The molecule has 1 aromatic carbocycles. The van der Waals surface area contributed by atoms with E-state index in [1.54, 1.807) is 15.8 Å². The number of benzene rings is 1. The Morgan fingerprint density at radius 3 is 2.72 bits per heavy atom. The van der Waals surface area contributed by atoms with Crippen molar-refractivity contribution in [3.05, 3.63) is 46.8 Å². The second-order valence-corrected chi connectivity index (χ2v) is 6.77. The van der Waals surface area contributed by atoms with Crippen LogP contribution in [0.3, 0.4) is 0 Å². The van der Waals surface area contributed by atoms with Gasteiger partial charge in [-0.1, -0.05) is 12.1 Å². The number of likely N-dealkylation sites (tertiary alicyclic amines) is 1. The van der Waals surface area contributed by atoms with Gasteiger partial charge in [-0.25, -0.2) is 4.68 Å². The van der Waals surface area contributed by atoms with Crippen molar-refractivity contribution >= 4 is 11.9 Å². The Labute approximate surface area is 147 Å². The third-order valence-corrected chi connectivity index (χ3v) is 4.89. The minimum Gasteiger partial charge on any atom is -0.481 e. The number of carboxylic acids is 1. The standard InChI is InChI=1S/C19H23N3O3/c1-12-6-7-13(2)17(9-12)22-14(3)16(10-20-22)18(23)21-8-4-5-15(11-21)19(24)25/h6-7,9-10,15H,4-5,8,11H2,1-3H3,(H,24,25). The highest BCUT2D eigenvalue weighted by atomic mass is 16.4. The molecule has 1 unspecified atom stereocenters. The number of carbonyl (C=O) groups excluding carboxylic acids is 1. The van der Waals surface area contributed by atoms with Crippen molar-refractivity contribution in [2.75, 3.05) is 13.1 Å². The monoisotopic (exact) mass is 341 g/mol. The van der Waals surface area contributed by atoms with E-state index in [1.165, 1.54) is 0 Å². The van der Waals surface area contributed by atoms with E-state index < -0.39 is 11.9 Å². The first-order chi connectivity index (χ1) is 11.9. The predicted octanol–water partition coefficient (Wildman–Crippen LogP) is 2.73. The number of piperidine rings is 1. The summed E-state index contributed by atoms with van der Waals surface area (Å²) in [5, 5.41) is 13.6. The van der Waals surface area contributed by atoms with Gasteiger partial charge in [0, 0.05) is 13.1 Å². The number of rotatable bonds is 3. The maximum absolute atomic E-state index is 12.9. The first-order valence-corrected chi connectivity index (χ1v) is 8.53. The molecule has 6 nitrogen and oxygen atoms in total. The quantitative estimate of drug-likeness (QED) is 0.931. The number of carbonyl (C=O) groups is 2. The van der Waals surface area contributed by atoms with Crippen LogP contribution in [0.5, 0.6) is 0 Å². The van der Waals surface area contributed by atoms with E-state index in [0.717, 1.165) is 22.5 Å². The molecule has 1 aromatic heterocycles. The summed E-state index contributed by atoms with van der Waals surface area (Å²) in [5.74, 6) is -1.45. The number of aryl methyl sites for hydroxylation is 2. The maximum atomic E-state index is 12.9. The van der Waals surface area contributed by atoms with Crippen molar-refractivity contribution in [2.45, 2.75) is 33.6 Å². The molecule has 132 valence electrons. The molecule has 6 heteroatoms. The minimum atomic E-state index is -0.833. The summed E-state index contributed by atoms with van der Waals surface area (Å²) in [4.78, 5) is 25.7. The molecular formula is C19H23N3O3. The number of carboxylic acid groups (broad SMARTS) is 1. The lowest BCUT2D eigenvalue weighted by atomic mass is 9.97. The Morgan fingerprint density at radius 1 is 1.24 bits per heavy atom. The van der Waals surface area contributed by atoms with Crippen molar-refractivity contribution in [3.8, 4) is 5.69 Å². The first-order valence-electron chi connectivity index (χ1n) is 8.53. The zero-order valence-electron chi connectivity index (χ0n) is 14.8. The summed E-state index contributed by atoms with van der Waals surface area (Å²) in [6, 6.07) is 6.13. The molecule has 25 heavy (non-hydrogen) atoms. The van der Waals surface area contributed by atoms with Crippen LogP contribution in [0, 0.1) is 26.7 Å². The Hall–Kier alpha value is -2.63. The lowest BCUT2D eigenvalue weighted by Crippen LogP contribution is -2.42. The molecule has 0 aliphatic carbocycles. The van der Waals surface area contributed by atoms with Gasteiger partial charge in [-0.15, -0.1) is 0 Å². The number of amides is 1. The van der Waals surface area contributed by atoms with Gasteiger partial charge < -0.3 is 10.0 Å². The number of hydrogen-bond donors (Lipinski definition) is 1. The van der Waals surface area contributed by atoms with Gasteiger partial charge in [-0.05, 0) is 50.8 Å². The Bertz CT molecular complexity index is 825. The lowest BCUT2D eigenvalue weighted by molar-refractivity contribution is -0.143. The van der Waals surface area contributed by atoms with Gasteiger partial charge in [0.05, 0.1) is 29.1 Å². The van der Waals surface area contributed by atoms with Gasteiger partial charge in [0.2, 0.25) is 0 Å². The van der Waals surface area contributed by atoms with Crippen LogP contribution in [0.4, 0.5) is 0 Å². The average Bonchev–Trinajstić information content (AvgIpc) is 2.98. The zero-order valence-corrected chi connectivity index (χ0v) is 14.8. The third kappa shape index (κ3) is 3.29. The Kier molecular flexibility index (Phi) is 4.61.